The van der Waals surface area contributed by atoms with Gasteiger partial charge in [0.25, 0.3) is 0 Å². The molecule has 1 N–H and O–H groups in total. The third kappa shape index (κ3) is 2.20. The molecule has 0 radical (unpaired) electrons. The molecule has 5 nitrogen and oxygen atoms in total. The van der Waals surface area contributed by atoms with Gasteiger partial charge in [-0.05, 0) is 18.6 Å². The third-order valence-electron chi connectivity index (χ3n) is 2.46. The molecule has 0 spiro atoms. The molecule has 2 heterocycles. The molecule has 1 aromatic rings. The van der Waals surface area contributed by atoms with E-state index in [-0.39, 0.29) is 16.6 Å². The lowest BCUT2D eigenvalue weighted by molar-refractivity contribution is 0.189. The molecule has 2 rings (SSSR count). The molecule has 0 saturated carbocycles. The van der Waals surface area contributed by atoms with Gasteiger partial charge in [-0.3, -0.25) is 0 Å². The summed E-state index contributed by atoms with van der Waals surface area (Å²) in [7, 11) is -3.54. The number of nitrogens with zero attached hydrogens (tertiary/aromatic N) is 2. The molecular weight excluding hydrogens is 252 g/mol. The minimum absolute atomic E-state index is 0.103. The van der Waals surface area contributed by atoms with Gasteiger partial charge in [-0.2, -0.15) is 4.31 Å². The number of aliphatic hydroxyl groups excluding tert-OH is 1. The number of β-amino-alcohol motifs (C(OH)–C–C–N with tert-alkyl or cyclic N) is 1. The number of halogens is 1. The average Bonchev–Trinajstić information content (AvgIpc) is 2.66. The van der Waals surface area contributed by atoms with E-state index in [0.717, 1.165) is 0 Å². The first-order valence-corrected chi connectivity index (χ1v) is 6.62. The van der Waals surface area contributed by atoms with Crippen molar-refractivity contribution in [3.63, 3.8) is 0 Å². The highest BCUT2D eigenvalue weighted by Crippen LogP contribution is 2.21. The van der Waals surface area contributed by atoms with Crippen molar-refractivity contribution < 1.29 is 13.5 Å². The van der Waals surface area contributed by atoms with Gasteiger partial charge in [-0.15, -0.1) is 0 Å². The van der Waals surface area contributed by atoms with Crippen molar-refractivity contribution in [1.29, 1.82) is 0 Å². The Hall–Kier alpha value is -0.690. The third-order valence-corrected chi connectivity index (χ3v) is 4.54. The molecule has 0 amide bonds. The van der Waals surface area contributed by atoms with Gasteiger partial charge in [0.1, 0.15) is 10.0 Å². The summed E-state index contributed by atoms with van der Waals surface area (Å²) >= 11 is 5.59. The topological polar surface area (TPSA) is 70.5 Å². The van der Waals surface area contributed by atoms with Crippen LogP contribution in [-0.4, -0.2) is 42.0 Å². The fourth-order valence-corrected chi connectivity index (χ4v) is 3.14. The first kappa shape index (κ1) is 11.8. The van der Waals surface area contributed by atoms with Crippen molar-refractivity contribution >= 4 is 21.6 Å². The second-order valence-electron chi connectivity index (χ2n) is 3.62. The van der Waals surface area contributed by atoms with Gasteiger partial charge in [-0.1, -0.05) is 11.6 Å². The van der Waals surface area contributed by atoms with E-state index in [2.05, 4.69) is 4.98 Å². The van der Waals surface area contributed by atoms with Gasteiger partial charge in [-0.25, -0.2) is 13.4 Å². The predicted molar refractivity (Wildman–Crippen MR) is 58.6 cm³/mol. The van der Waals surface area contributed by atoms with E-state index in [0.29, 0.717) is 13.0 Å². The normalized spacial score (nSPS) is 22.5. The summed E-state index contributed by atoms with van der Waals surface area (Å²) in [4.78, 5) is 3.84. The van der Waals surface area contributed by atoms with Crippen molar-refractivity contribution in [1.82, 2.24) is 9.29 Å². The lowest BCUT2D eigenvalue weighted by Gasteiger charge is -2.15. The molecule has 0 aliphatic carbocycles. The van der Waals surface area contributed by atoms with Crippen LogP contribution in [0.4, 0.5) is 0 Å². The summed E-state index contributed by atoms with van der Waals surface area (Å²) in [6, 6.07) is 2.84. The van der Waals surface area contributed by atoms with Crippen LogP contribution >= 0.6 is 11.6 Å². The summed E-state index contributed by atoms with van der Waals surface area (Å²) in [6.07, 6.45) is 1.12. The lowest BCUT2D eigenvalue weighted by Crippen LogP contribution is -2.29. The summed E-state index contributed by atoms with van der Waals surface area (Å²) in [5, 5.41) is 9.56. The van der Waals surface area contributed by atoms with Gasteiger partial charge < -0.3 is 5.11 Å². The van der Waals surface area contributed by atoms with Gasteiger partial charge in [0.15, 0.2) is 0 Å². The van der Waals surface area contributed by atoms with Crippen LogP contribution in [0.25, 0.3) is 0 Å². The fourth-order valence-electron chi connectivity index (χ4n) is 1.59. The number of pyridine rings is 1. The van der Waals surface area contributed by atoms with Gasteiger partial charge >= 0.3 is 0 Å². The Labute approximate surface area is 98.7 Å². The number of hydrogen-bond donors (Lipinski definition) is 1. The Morgan fingerprint density at radius 1 is 1.50 bits per heavy atom. The van der Waals surface area contributed by atoms with Crippen LogP contribution in [0.5, 0.6) is 0 Å². The molecule has 1 aliphatic rings. The number of rotatable bonds is 2. The summed E-state index contributed by atoms with van der Waals surface area (Å²) in [5.41, 5.74) is 0. The maximum atomic E-state index is 12.0. The first-order chi connectivity index (χ1) is 7.50. The first-order valence-electron chi connectivity index (χ1n) is 4.80. The second kappa shape index (κ2) is 4.29. The van der Waals surface area contributed by atoms with Crippen LogP contribution in [0.2, 0.25) is 5.15 Å². The molecule has 1 atom stereocenters. The number of hydrogen-bond acceptors (Lipinski definition) is 4. The number of aromatic nitrogens is 1. The summed E-state index contributed by atoms with van der Waals surface area (Å²) in [6.45, 7) is 0.483. The minimum atomic E-state index is -3.54. The van der Waals surface area contributed by atoms with Gasteiger partial charge in [0.2, 0.25) is 10.0 Å². The zero-order valence-corrected chi connectivity index (χ0v) is 9.95. The number of sulfonamides is 1. The van der Waals surface area contributed by atoms with E-state index in [1.807, 2.05) is 0 Å². The molecule has 0 unspecified atom stereocenters. The molecule has 1 fully saturated rings. The SMILES string of the molecule is O=S(=O)(c1ccc(Cl)nc1)N1CC[C@H](O)C1. The van der Waals surface area contributed by atoms with E-state index < -0.39 is 16.1 Å². The molecule has 88 valence electrons. The zero-order valence-electron chi connectivity index (χ0n) is 8.38. The highest BCUT2D eigenvalue weighted by Gasteiger charge is 2.31. The minimum Gasteiger partial charge on any atom is -0.392 e. The molecule has 7 heteroatoms. The van der Waals surface area contributed by atoms with E-state index in [1.54, 1.807) is 0 Å². The fraction of sp³-hybridized carbons (Fsp3) is 0.444. The molecule has 16 heavy (non-hydrogen) atoms. The second-order valence-corrected chi connectivity index (χ2v) is 5.95. The highest BCUT2D eigenvalue weighted by molar-refractivity contribution is 7.89. The summed E-state index contributed by atoms with van der Waals surface area (Å²) in [5.74, 6) is 0. The Morgan fingerprint density at radius 3 is 2.75 bits per heavy atom. The van der Waals surface area contributed by atoms with E-state index in [9.17, 15) is 13.5 Å². The monoisotopic (exact) mass is 262 g/mol. The van der Waals surface area contributed by atoms with Crippen LogP contribution in [0.15, 0.2) is 23.2 Å². The van der Waals surface area contributed by atoms with Crippen molar-refractivity contribution in [2.45, 2.75) is 17.4 Å². The maximum absolute atomic E-state index is 12.0. The molecule has 1 aliphatic heterocycles. The van der Waals surface area contributed by atoms with E-state index in [4.69, 9.17) is 11.6 Å². The van der Waals surface area contributed by atoms with Crippen molar-refractivity contribution in [3.05, 3.63) is 23.5 Å². The van der Waals surface area contributed by atoms with E-state index in [1.165, 1.54) is 22.6 Å². The smallest absolute Gasteiger partial charge is 0.244 e. The quantitative estimate of drug-likeness (QED) is 0.788. The average molecular weight is 263 g/mol. The van der Waals surface area contributed by atoms with Crippen LogP contribution in [-0.2, 0) is 10.0 Å². The Kier molecular flexibility index (Phi) is 3.16. The van der Waals surface area contributed by atoms with Crippen LogP contribution in [0.1, 0.15) is 6.42 Å². The molecule has 1 saturated heterocycles. The zero-order chi connectivity index (χ0) is 11.8. The van der Waals surface area contributed by atoms with Gasteiger partial charge in [0.05, 0.1) is 6.10 Å². The van der Waals surface area contributed by atoms with Crippen LogP contribution in [0, 0.1) is 0 Å². The predicted octanol–water partition coefficient (Wildman–Crippen LogP) is 0.490. The maximum Gasteiger partial charge on any atom is 0.244 e. The van der Waals surface area contributed by atoms with E-state index >= 15 is 0 Å². The molecule has 1 aromatic heterocycles. The Balaban J connectivity index is 2.29. The molecular formula is C9H11ClN2O3S. The van der Waals surface area contributed by atoms with Crippen LogP contribution < -0.4 is 0 Å². The highest BCUT2D eigenvalue weighted by atomic mass is 35.5. The summed E-state index contributed by atoms with van der Waals surface area (Å²) < 4.78 is 25.3. The lowest BCUT2D eigenvalue weighted by atomic mass is 10.3. The van der Waals surface area contributed by atoms with Crippen molar-refractivity contribution in [3.8, 4) is 0 Å². The standard InChI is InChI=1S/C9H11ClN2O3S/c10-9-2-1-8(5-11-9)16(14,15)12-4-3-7(13)6-12/h1-2,5,7,13H,3-4,6H2/t7-/m0/s1. The molecule has 0 bridgehead atoms. The van der Waals surface area contributed by atoms with Crippen molar-refractivity contribution in [2.24, 2.45) is 0 Å². The molecule has 0 aromatic carbocycles. The van der Waals surface area contributed by atoms with Crippen LogP contribution in [0.3, 0.4) is 0 Å². The Bertz CT molecular complexity index is 474. The number of aliphatic hydroxyl groups is 1. The largest absolute Gasteiger partial charge is 0.392 e. The Morgan fingerprint density at radius 2 is 2.25 bits per heavy atom. The van der Waals surface area contributed by atoms with Gasteiger partial charge in [0, 0.05) is 19.3 Å². The van der Waals surface area contributed by atoms with Crippen molar-refractivity contribution in [2.75, 3.05) is 13.1 Å².